The first-order valence-corrected chi connectivity index (χ1v) is 4.81. The third-order valence-corrected chi connectivity index (χ3v) is 2.39. The van der Waals surface area contributed by atoms with Crippen molar-refractivity contribution in [3.8, 4) is 0 Å². The monoisotopic (exact) mass is 304 g/mol. The van der Waals surface area contributed by atoms with Gasteiger partial charge in [0.25, 0.3) is 6.43 Å². The Hall–Kier alpha value is -0.760. The summed E-state index contributed by atoms with van der Waals surface area (Å²) >= 11 is 2.62. The lowest BCUT2D eigenvalue weighted by atomic mass is 10.1. The summed E-state index contributed by atoms with van der Waals surface area (Å²) in [6, 6.07) is 0.914. The first-order chi connectivity index (χ1) is 7.27. The van der Waals surface area contributed by atoms with Gasteiger partial charge < -0.3 is 5.73 Å². The molecular weight excluding hydrogens is 299 g/mol. The molecule has 1 heterocycles. The fourth-order valence-electron chi connectivity index (χ4n) is 1.09. The highest BCUT2D eigenvalue weighted by Gasteiger charge is 2.36. The highest BCUT2D eigenvalue weighted by atomic mass is 79.9. The number of halogens is 6. The van der Waals surface area contributed by atoms with Crippen LogP contribution in [0, 0.1) is 0 Å². The molecule has 2 nitrogen and oxygen atoms in total. The van der Waals surface area contributed by atoms with E-state index in [4.69, 9.17) is 5.73 Å². The van der Waals surface area contributed by atoms with E-state index < -0.39 is 28.5 Å². The van der Waals surface area contributed by atoms with Crippen molar-refractivity contribution in [2.24, 2.45) is 5.73 Å². The second-order valence-electron chi connectivity index (χ2n) is 2.87. The van der Waals surface area contributed by atoms with Gasteiger partial charge in [-0.15, -0.1) is 0 Å². The summed E-state index contributed by atoms with van der Waals surface area (Å²) in [6.45, 7) is -0.302. The Morgan fingerprint density at radius 1 is 1.38 bits per heavy atom. The summed E-state index contributed by atoms with van der Waals surface area (Å²) in [7, 11) is 0. The molecule has 0 saturated carbocycles. The molecule has 0 unspecified atom stereocenters. The lowest BCUT2D eigenvalue weighted by Crippen LogP contribution is -2.14. The lowest BCUT2D eigenvalue weighted by Gasteiger charge is -2.13. The van der Waals surface area contributed by atoms with E-state index in [1.54, 1.807) is 0 Å². The van der Waals surface area contributed by atoms with Gasteiger partial charge in [0.1, 0.15) is 5.69 Å². The maximum Gasteiger partial charge on any atom is 0.434 e. The van der Waals surface area contributed by atoms with Crippen molar-refractivity contribution >= 4 is 15.9 Å². The molecule has 0 aliphatic rings. The summed E-state index contributed by atoms with van der Waals surface area (Å²) in [4.78, 5) is 2.91. The van der Waals surface area contributed by atoms with Gasteiger partial charge in [0, 0.05) is 11.0 Å². The van der Waals surface area contributed by atoms with Gasteiger partial charge in [0.15, 0.2) is 5.69 Å². The van der Waals surface area contributed by atoms with Crippen LogP contribution < -0.4 is 5.73 Å². The molecule has 16 heavy (non-hydrogen) atoms. The Morgan fingerprint density at radius 2 is 1.94 bits per heavy atom. The molecule has 0 fully saturated rings. The molecule has 0 atom stereocenters. The van der Waals surface area contributed by atoms with Gasteiger partial charge in [-0.2, -0.15) is 13.2 Å². The van der Waals surface area contributed by atoms with E-state index >= 15 is 0 Å². The number of hydrogen-bond donors (Lipinski definition) is 1. The second-order valence-corrected chi connectivity index (χ2v) is 3.72. The standard InChI is InChI=1S/C8H6BrF5N2/c9-4-1-3(2-15)5(7(10)11)16-6(4)8(12,13)14/h1,7H,2,15H2. The predicted molar refractivity (Wildman–Crippen MR) is 49.8 cm³/mol. The quantitative estimate of drug-likeness (QED) is 0.852. The highest BCUT2D eigenvalue weighted by molar-refractivity contribution is 9.10. The molecule has 90 valence electrons. The van der Waals surface area contributed by atoms with Crippen LogP contribution in [0.1, 0.15) is 23.4 Å². The number of nitrogens with zero attached hydrogens (tertiary/aromatic N) is 1. The van der Waals surface area contributed by atoms with Gasteiger partial charge >= 0.3 is 6.18 Å². The van der Waals surface area contributed by atoms with Crippen molar-refractivity contribution in [2.45, 2.75) is 19.1 Å². The molecule has 0 bridgehead atoms. The van der Waals surface area contributed by atoms with Gasteiger partial charge in [-0.3, -0.25) is 0 Å². The van der Waals surface area contributed by atoms with E-state index in [1.807, 2.05) is 0 Å². The van der Waals surface area contributed by atoms with Crippen LogP contribution in [-0.4, -0.2) is 4.98 Å². The summed E-state index contributed by atoms with van der Waals surface area (Å²) in [6.07, 6.45) is -7.87. The third kappa shape index (κ3) is 2.67. The minimum absolute atomic E-state index is 0.116. The van der Waals surface area contributed by atoms with E-state index in [1.165, 1.54) is 0 Å². The van der Waals surface area contributed by atoms with E-state index in [0.29, 0.717) is 0 Å². The van der Waals surface area contributed by atoms with Crippen LogP contribution in [-0.2, 0) is 12.7 Å². The molecule has 0 aliphatic carbocycles. The van der Waals surface area contributed by atoms with Crippen molar-refractivity contribution in [1.82, 2.24) is 4.98 Å². The Kier molecular flexibility index (Phi) is 3.84. The van der Waals surface area contributed by atoms with Crippen molar-refractivity contribution in [3.05, 3.63) is 27.5 Å². The minimum atomic E-state index is -4.78. The van der Waals surface area contributed by atoms with Crippen molar-refractivity contribution < 1.29 is 22.0 Å². The predicted octanol–water partition coefficient (Wildman–Crippen LogP) is 3.26. The van der Waals surface area contributed by atoms with Crippen LogP contribution in [0.2, 0.25) is 0 Å². The summed E-state index contributed by atoms with van der Waals surface area (Å²) in [5, 5.41) is 0. The molecule has 8 heteroatoms. The number of hydrogen-bond acceptors (Lipinski definition) is 2. The first kappa shape index (κ1) is 13.3. The van der Waals surface area contributed by atoms with Crippen LogP contribution >= 0.6 is 15.9 Å². The summed E-state index contributed by atoms with van der Waals surface area (Å²) in [5.74, 6) is 0. The normalized spacial score (nSPS) is 12.2. The number of nitrogens with two attached hydrogens (primary N) is 1. The molecule has 1 rings (SSSR count). The van der Waals surface area contributed by atoms with Crippen LogP contribution in [0.4, 0.5) is 22.0 Å². The van der Waals surface area contributed by atoms with Crippen molar-refractivity contribution in [2.75, 3.05) is 0 Å². The average molecular weight is 305 g/mol. The molecule has 0 amide bonds. The number of pyridine rings is 1. The van der Waals surface area contributed by atoms with Crippen LogP contribution in [0.3, 0.4) is 0 Å². The van der Waals surface area contributed by atoms with Gasteiger partial charge in [0.05, 0.1) is 0 Å². The summed E-state index contributed by atoms with van der Waals surface area (Å²) < 4.78 is 61.5. The van der Waals surface area contributed by atoms with E-state index in [-0.39, 0.29) is 12.1 Å². The van der Waals surface area contributed by atoms with E-state index in [0.717, 1.165) is 6.07 Å². The average Bonchev–Trinajstić information content (AvgIpc) is 2.14. The molecule has 0 aliphatic heterocycles. The van der Waals surface area contributed by atoms with E-state index in [2.05, 4.69) is 20.9 Å². The number of alkyl halides is 5. The van der Waals surface area contributed by atoms with Gasteiger partial charge in [-0.25, -0.2) is 13.8 Å². The maximum atomic E-state index is 12.4. The fraction of sp³-hybridized carbons (Fsp3) is 0.375. The SMILES string of the molecule is NCc1cc(Br)c(C(F)(F)F)nc1C(F)F. The van der Waals surface area contributed by atoms with Gasteiger partial charge in [-0.1, -0.05) is 0 Å². The lowest BCUT2D eigenvalue weighted by molar-refractivity contribution is -0.142. The van der Waals surface area contributed by atoms with Gasteiger partial charge in [-0.05, 0) is 27.6 Å². The van der Waals surface area contributed by atoms with Crippen LogP contribution in [0.15, 0.2) is 10.5 Å². The molecule has 0 saturated heterocycles. The zero-order valence-corrected chi connectivity index (χ0v) is 9.24. The largest absolute Gasteiger partial charge is 0.434 e. The highest BCUT2D eigenvalue weighted by Crippen LogP contribution is 2.36. The molecule has 0 radical (unpaired) electrons. The topological polar surface area (TPSA) is 38.9 Å². The second kappa shape index (κ2) is 4.62. The number of rotatable bonds is 2. The van der Waals surface area contributed by atoms with Gasteiger partial charge in [0.2, 0.25) is 0 Å². The molecule has 0 spiro atoms. The molecular formula is C8H6BrF5N2. The molecule has 1 aromatic heterocycles. The van der Waals surface area contributed by atoms with Crippen molar-refractivity contribution in [3.63, 3.8) is 0 Å². The minimum Gasteiger partial charge on any atom is -0.326 e. The molecule has 0 aromatic carbocycles. The zero-order valence-electron chi connectivity index (χ0n) is 7.65. The third-order valence-electron chi connectivity index (χ3n) is 1.78. The number of aromatic nitrogens is 1. The first-order valence-electron chi connectivity index (χ1n) is 4.02. The van der Waals surface area contributed by atoms with Crippen LogP contribution in [0.25, 0.3) is 0 Å². The Labute approximate surface area is 95.8 Å². The smallest absolute Gasteiger partial charge is 0.326 e. The molecule has 1 aromatic rings. The Balaban J connectivity index is 3.39. The fourth-order valence-corrected chi connectivity index (χ4v) is 1.68. The Bertz CT molecular complexity index is 391. The van der Waals surface area contributed by atoms with Crippen LogP contribution in [0.5, 0.6) is 0 Å². The summed E-state index contributed by atoms with van der Waals surface area (Å²) in [5.41, 5.74) is 2.72. The molecule has 2 N–H and O–H groups in total. The van der Waals surface area contributed by atoms with Crippen molar-refractivity contribution in [1.29, 1.82) is 0 Å². The maximum absolute atomic E-state index is 12.4. The van der Waals surface area contributed by atoms with E-state index in [9.17, 15) is 22.0 Å². The Morgan fingerprint density at radius 3 is 2.31 bits per heavy atom. The zero-order chi connectivity index (χ0) is 12.5.